The average Bonchev–Trinajstić information content (AvgIpc) is 3.63. The topological polar surface area (TPSA) is 109 Å². The maximum atomic E-state index is 13.5. The lowest BCUT2D eigenvalue weighted by Crippen LogP contribution is -2.27. The summed E-state index contributed by atoms with van der Waals surface area (Å²) >= 11 is 1.21. The number of benzene rings is 2. The second-order valence-corrected chi connectivity index (χ2v) is 10.8. The van der Waals surface area contributed by atoms with Gasteiger partial charge in [0.15, 0.2) is 0 Å². The fourth-order valence-electron chi connectivity index (χ4n) is 5.59. The molecule has 0 saturated heterocycles. The van der Waals surface area contributed by atoms with E-state index in [1.54, 1.807) is 17.8 Å². The first kappa shape index (κ1) is 30.3. The number of nitrogens with zero attached hydrogens (tertiary/aromatic N) is 8. The predicted molar refractivity (Wildman–Crippen MR) is 169 cm³/mol. The summed E-state index contributed by atoms with van der Waals surface area (Å²) < 4.78 is 15.2. The molecule has 1 unspecified atom stereocenters. The Morgan fingerprint density at radius 3 is 2.40 bits per heavy atom. The van der Waals surface area contributed by atoms with Crippen LogP contribution in [-0.4, -0.2) is 59.0 Å². The van der Waals surface area contributed by atoms with Crippen LogP contribution in [0.25, 0.3) is 22.1 Å². The van der Waals surface area contributed by atoms with Gasteiger partial charge in [-0.3, -0.25) is 14.5 Å². The van der Waals surface area contributed by atoms with Crippen molar-refractivity contribution in [1.29, 1.82) is 0 Å². The first-order valence-corrected chi connectivity index (χ1v) is 15.3. The molecule has 0 saturated carbocycles. The number of aromatic nitrogens is 6. The first-order valence-electron chi connectivity index (χ1n) is 14.2. The predicted octanol–water partition coefficient (Wildman–Crippen LogP) is 3.65. The van der Waals surface area contributed by atoms with Gasteiger partial charge in [-0.25, -0.2) is 0 Å². The second-order valence-electron chi connectivity index (χ2n) is 10.2. The summed E-state index contributed by atoms with van der Waals surface area (Å²) in [5.41, 5.74) is 7.07. The van der Waals surface area contributed by atoms with Crippen LogP contribution in [0.4, 0.5) is 0 Å². The molecule has 43 heavy (non-hydrogen) atoms. The van der Waals surface area contributed by atoms with Gasteiger partial charge in [0, 0.05) is 52.6 Å². The molecule has 5 rings (SSSR count). The normalized spacial score (nSPS) is 13.7. The van der Waals surface area contributed by atoms with Gasteiger partial charge in [0.1, 0.15) is 11.8 Å². The van der Waals surface area contributed by atoms with Crippen LogP contribution in [0.15, 0.2) is 70.7 Å². The number of fused-ring (bicyclic) bond motifs is 2. The molecule has 3 aromatic heterocycles. The molecule has 226 valence electrons. The molecule has 2 aromatic carbocycles. The van der Waals surface area contributed by atoms with Crippen molar-refractivity contribution in [2.75, 3.05) is 19.9 Å². The Hall–Kier alpha value is -4.13. The number of allylic oxidation sites excluding steroid dienone is 2. The van der Waals surface area contributed by atoms with Crippen molar-refractivity contribution in [2.24, 2.45) is 24.1 Å². The number of para-hydroxylation sites is 3. The molecule has 12 heteroatoms. The Morgan fingerprint density at radius 1 is 1.02 bits per heavy atom. The Bertz CT molecular complexity index is 1950. The van der Waals surface area contributed by atoms with Crippen molar-refractivity contribution >= 4 is 40.0 Å². The van der Waals surface area contributed by atoms with E-state index in [0.717, 1.165) is 33.4 Å². The lowest BCUT2D eigenvalue weighted by Gasteiger charge is -2.13. The molecule has 5 aromatic rings. The Kier molecular flexibility index (Phi) is 9.19. The van der Waals surface area contributed by atoms with Crippen molar-refractivity contribution in [3.63, 3.8) is 0 Å². The van der Waals surface area contributed by atoms with Crippen LogP contribution in [0.2, 0.25) is 0 Å². The highest BCUT2D eigenvalue weighted by atomic mass is 32.2. The number of hydrogen-bond acceptors (Lipinski definition) is 6. The largest absolute Gasteiger partial charge is 0.386 e. The molecule has 0 aliphatic rings. The number of carbonyl (C=O) groups excluding carboxylic acids is 1. The maximum absolute atomic E-state index is 13.5. The Labute approximate surface area is 254 Å². The van der Waals surface area contributed by atoms with Gasteiger partial charge < -0.3 is 27.6 Å². The Balaban J connectivity index is 1.61. The number of aryl methyl sites for hydroxylation is 4. The van der Waals surface area contributed by atoms with Crippen LogP contribution < -0.4 is 11.2 Å². The van der Waals surface area contributed by atoms with Gasteiger partial charge in [-0.1, -0.05) is 36.4 Å². The third-order valence-electron chi connectivity index (χ3n) is 7.56. The number of aliphatic hydroxyl groups is 1. The fourth-order valence-corrected chi connectivity index (χ4v) is 5.86. The van der Waals surface area contributed by atoms with E-state index in [2.05, 4.69) is 48.5 Å². The van der Waals surface area contributed by atoms with E-state index >= 15 is 0 Å². The van der Waals surface area contributed by atoms with E-state index in [1.807, 2.05) is 73.7 Å². The Morgan fingerprint density at radius 2 is 1.70 bits per heavy atom. The average molecular weight is 603 g/mol. The van der Waals surface area contributed by atoms with E-state index in [9.17, 15) is 9.90 Å². The van der Waals surface area contributed by atoms with Crippen molar-refractivity contribution in [3.8, 4) is 0 Å². The molecule has 1 amide bonds. The molecule has 0 spiro atoms. The molecule has 0 aliphatic carbocycles. The molecule has 0 fully saturated rings. The minimum absolute atomic E-state index is 0.131. The monoisotopic (exact) mass is 602 g/mol. The van der Waals surface area contributed by atoms with E-state index in [0.29, 0.717) is 36.5 Å². The van der Waals surface area contributed by atoms with Gasteiger partial charge in [-0.2, -0.15) is 10.1 Å². The van der Waals surface area contributed by atoms with Crippen LogP contribution >= 0.6 is 12.0 Å². The van der Waals surface area contributed by atoms with Crippen molar-refractivity contribution < 1.29 is 14.1 Å². The van der Waals surface area contributed by atoms with Gasteiger partial charge in [-0.15, -0.1) is 0 Å². The van der Waals surface area contributed by atoms with E-state index < -0.39 is 6.10 Å². The second kappa shape index (κ2) is 13.0. The molecule has 0 radical (unpaired) electrons. The molecular weight excluding hydrogens is 564 g/mol. The summed E-state index contributed by atoms with van der Waals surface area (Å²) in [6.45, 7) is 5.53. The summed E-state index contributed by atoms with van der Waals surface area (Å²) in [6.07, 6.45) is 5.10. The van der Waals surface area contributed by atoms with Gasteiger partial charge in [0.25, 0.3) is 5.91 Å². The standard InChI is InChI=1S/C31H38N8O3S/c1-7-39-26(19-21(2)34-39)29(41)33-31-36(5)25-16-12-13-22(27(40)20-42-43-6)28(25)38(31)18-11-10-17-37-24-15-9-8-14-23(24)35(4)30(37)32-3/h8-16,19,27,40H,7,17-18,20H2,1-6H3/b11-10+,32-30?,33-31?. The molecule has 1 atom stereocenters. The summed E-state index contributed by atoms with van der Waals surface area (Å²) in [7, 11) is 5.69. The number of rotatable bonds is 10. The lowest BCUT2D eigenvalue weighted by atomic mass is 10.1. The zero-order chi connectivity index (χ0) is 30.7. The molecule has 11 nitrogen and oxygen atoms in total. The SMILES string of the molecule is CCn1nc(C)cc1C(=O)N=c1n(C)c2cccc(C(O)COSC)c2n1C/C=C/Cn1c(=NC)n(C)c2ccccc21. The van der Waals surface area contributed by atoms with Crippen LogP contribution in [0.1, 0.15) is 34.8 Å². The smallest absolute Gasteiger partial charge is 0.298 e. The number of amides is 1. The molecule has 3 heterocycles. The summed E-state index contributed by atoms with van der Waals surface area (Å²) in [5, 5.41) is 15.5. The zero-order valence-electron chi connectivity index (χ0n) is 25.4. The van der Waals surface area contributed by atoms with Gasteiger partial charge in [0.2, 0.25) is 11.2 Å². The minimum Gasteiger partial charge on any atom is -0.386 e. The molecule has 0 aliphatic heterocycles. The van der Waals surface area contributed by atoms with Gasteiger partial charge in [0.05, 0.1) is 34.4 Å². The molecular formula is C31H38N8O3S. The molecule has 1 N–H and O–H groups in total. The highest BCUT2D eigenvalue weighted by Crippen LogP contribution is 2.25. The zero-order valence-corrected chi connectivity index (χ0v) is 26.2. The number of imidazole rings is 2. The van der Waals surface area contributed by atoms with E-state index in [-0.39, 0.29) is 12.5 Å². The minimum atomic E-state index is -0.860. The highest BCUT2D eigenvalue weighted by molar-refractivity contribution is 7.93. The van der Waals surface area contributed by atoms with Crippen LogP contribution in [-0.2, 0) is 37.9 Å². The maximum Gasteiger partial charge on any atom is 0.298 e. The number of aliphatic hydroxyl groups excluding tert-OH is 1. The van der Waals surface area contributed by atoms with Crippen LogP contribution in [0, 0.1) is 6.92 Å². The van der Waals surface area contributed by atoms with E-state index in [4.69, 9.17) is 4.18 Å². The third-order valence-corrected chi connectivity index (χ3v) is 7.93. The van der Waals surface area contributed by atoms with Crippen molar-refractivity contribution in [3.05, 3.63) is 88.9 Å². The van der Waals surface area contributed by atoms with Crippen LogP contribution in [0.3, 0.4) is 0 Å². The summed E-state index contributed by atoms with van der Waals surface area (Å²) in [6, 6.07) is 15.7. The van der Waals surface area contributed by atoms with Crippen LogP contribution in [0.5, 0.6) is 0 Å². The first-order chi connectivity index (χ1) is 20.8. The van der Waals surface area contributed by atoms with Gasteiger partial charge in [-0.05, 0) is 50.2 Å². The van der Waals surface area contributed by atoms with Crippen molar-refractivity contribution in [2.45, 2.75) is 39.6 Å². The van der Waals surface area contributed by atoms with Gasteiger partial charge >= 0.3 is 0 Å². The molecule has 0 bridgehead atoms. The fraction of sp³-hybridized carbons (Fsp3) is 0.355. The third kappa shape index (κ3) is 5.77. The van der Waals surface area contributed by atoms with E-state index in [1.165, 1.54) is 12.0 Å². The number of hydrogen-bond donors (Lipinski definition) is 1. The quantitative estimate of drug-likeness (QED) is 0.194. The summed E-state index contributed by atoms with van der Waals surface area (Å²) in [5.74, 6) is -0.376. The highest BCUT2D eigenvalue weighted by Gasteiger charge is 2.20. The number of carbonyl (C=O) groups is 1. The van der Waals surface area contributed by atoms with Crippen molar-refractivity contribution in [1.82, 2.24) is 28.0 Å². The summed E-state index contributed by atoms with van der Waals surface area (Å²) in [4.78, 5) is 22.6. The lowest BCUT2D eigenvalue weighted by molar-refractivity contribution is 0.0985.